The van der Waals surface area contributed by atoms with Gasteiger partial charge in [0.25, 0.3) is 0 Å². The summed E-state index contributed by atoms with van der Waals surface area (Å²) in [6.07, 6.45) is 1.12. The number of nitrogens with zero attached hydrogens (tertiary/aromatic N) is 3. The van der Waals surface area contributed by atoms with E-state index in [1.807, 2.05) is 7.05 Å². The lowest BCUT2D eigenvalue weighted by atomic mass is 9.93. The van der Waals surface area contributed by atoms with E-state index in [0.29, 0.717) is 5.92 Å². The van der Waals surface area contributed by atoms with Gasteiger partial charge in [-0.2, -0.15) is 0 Å². The molecule has 1 unspecified atom stereocenters. The van der Waals surface area contributed by atoms with Gasteiger partial charge in [0.15, 0.2) is 5.96 Å². The predicted molar refractivity (Wildman–Crippen MR) is 104 cm³/mol. The highest BCUT2D eigenvalue weighted by Gasteiger charge is 2.21. The summed E-state index contributed by atoms with van der Waals surface area (Å²) in [4.78, 5) is 9.14. The predicted octanol–water partition coefficient (Wildman–Crippen LogP) is 0.792. The maximum absolute atomic E-state index is 5.39. The Balaban J connectivity index is 1.41. The van der Waals surface area contributed by atoms with Gasteiger partial charge in [-0.05, 0) is 24.0 Å². The van der Waals surface area contributed by atoms with Crippen molar-refractivity contribution < 1.29 is 4.74 Å². The van der Waals surface area contributed by atoms with Crippen LogP contribution in [0.4, 0.5) is 5.69 Å². The molecule has 0 amide bonds. The summed E-state index contributed by atoms with van der Waals surface area (Å²) in [6.45, 7) is 7.72. The molecule has 1 aromatic rings. The summed E-state index contributed by atoms with van der Waals surface area (Å²) >= 11 is 0. The Kier molecular flexibility index (Phi) is 6.53. The van der Waals surface area contributed by atoms with Crippen LogP contribution in [0.3, 0.4) is 0 Å². The van der Waals surface area contributed by atoms with Crippen molar-refractivity contribution in [3.63, 3.8) is 0 Å². The molecule has 1 fully saturated rings. The Hall–Kier alpha value is -1.79. The lowest BCUT2D eigenvalue weighted by Gasteiger charge is -2.33. The van der Waals surface area contributed by atoms with E-state index in [1.165, 1.54) is 11.3 Å². The van der Waals surface area contributed by atoms with Crippen LogP contribution in [0.15, 0.2) is 29.3 Å². The van der Waals surface area contributed by atoms with Crippen LogP contribution < -0.4 is 15.5 Å². The molecule has 1 aromatic carbocycles. The van der Waals surface area contributed by atoms with Gasteiger partial charge in [0.05, 0.1) is 13.2 Å². The minimum Gasteiger partial charge on any atom is -0.379 e. The number of anilines is 1. The molecule has 2 heterocycles. The lowest BCUT2D eigenvalue weighted by Crippen LogP contribution is -2.46. The summed E-state index contributed by atoms with van der Waals surface area (Å²) < 4.78 is 5.39. The highest BCUT2D eigenvalue weighted by Crippen LogP contribution is 2.27. The minimum atomic E-state index is 0.595. The molecule has 0 bridgehead atoms. The fourth-order valence-electron chi connectivity index (χ4n) is 3.67. The van der Waals surface area contributed by atoms with E-state index >= 15 is 0 Å². The summed E-state index contributed by atoms with van der Waals surface area (Å²) in [5, 5.41) is 6.93. The molecule has 3 rings (SSSR count). The smallest absolute Gasteiger partial charge is 0.191 e. The second-order valence-corrected chi connectivity index (χ2v) is 6.91. The topological polar surface area (TPSA) is 52.1 Å². The summed E-state index contributed by atoms with van der Waals surface area (Å²) in [7, 11) is 4.02. The van der Waals surface area contributed by atoms with Crippen molar-refractivity contribution in [1.82, 2.24) is 15.5 Å². The lowest BCUT2D eigenvalue weighted by molar-refractivity contribution is 0.0389. The van der Waals surface area contributed by atoms with Crippen molar-refractivity contribution in [3.05, 3.63) is 29.8 Å². The molecule has 138 valence electrons. The first kappa shape index (κ1) is 18.0. The van der Waals surface area contributed by atoms with E-state index in [1.54, 1.807) is 0 Å². The van der Waals surface area contributed by atoms with Crippen molar-refractivity contribution in [2.45, 2.75) is 6.42 Å². The fraction of sp³-hybridized carbons (Fsp3) is 0.632. The van der Waals surface area contributed by atoms with Gasteiger partial charge in [-0.15, -0.1) is 0 Å². The fourth-order valence-corrected chi connectivity index (χ4v) is 3.67. The van der Waals surface area contributed by atoms with Crippen LogP contribution in [0.2, 0.25) is 0 Å². The van der Waals surface area contributed by atoms with Crippen molar-refractivity contribution in [2.24, 2.45) is 10.9 Å². The Bertz CT molecular complexity index is 571. The number of guanidine groups is 1. The molecular weight excluding hydrogens is 314 g/mol. The summed E-state index contributed by atoms with van der Waals surface area (Å²) in [6, 6.07) is 8.71. The average molecular weight is 345 g/mol. The molecule has 1 saturated heterocycles. The molecule has 0 spiro atoms. The van der Waals surface area contributed by atoms with Crippen LogP contribution in [0.5, 0.6) is 0 Å². The Morgan fingerprint density at radius 3 is 2.84 bits per heavy atom. The van der Waals surface area contributed by atoms with E-state index in [0.717, 1.165) is 64.9 Å². The number of nitrogens with one attached hydrogen (secondary N) is 2. The van der Waals surface area contributed by atoms with E-state index < -0.39 is 0 Å². The molecule has 6 nitrogen and oxygen atoms in total. The maximum atomic E-state index is 5.39. The largest absolute Gasteiger partial charge is 0.379 e. The van der Waals surface area contributed by atoms with Crippen LogP contribution in [0, 0.1) is 5.92 Å². The maximum Gasteiger partial charge on any atom is 0.191 e. The zero-order valence-electron chi connectivity index (χ0n) is 15.5. The third kappa shape index (κ3) is 5.09. The normalized spacial score (nSPS) is 21.8. The molecule has 0 aliphatic carbocycles. The first-order valence-electron chi connectivity index (χ1n) is 9.30. The standard InChI is InChI=1S/C19H31N5O/c1-20-19(21-7-8-24-9-11-25-12-10-24)22-14-16-13-17-5-3-4-6-18(17)23(2)15-16/h3-6,16H,7-15H2,1-2H3,(H2,20,21,22). The van der Waals surface area contributed by atoms with E-state index in [2.05, 4.69) is 56.7 Å². The number of fused-ring (bicyclic) bond motifs is 1. The quantitative estimate of drug-likeness (QED) is 0.611. The number of hydrogen-bond acceptors (Lipinski definition) is 4. The molecule has 25 heavy (non-hydrogen) atoms. The molecule has 1 atom stereocenters. The van der Waals surface area contributed by atoms with Crippen LogP contribution >= 0.6 is 0 Å². The highest BCUT2D eigenvalue weighted by atomic mass is 16.5. The Morgan fingerprint density at radius 1 is 1.24 bits per heavy atom. The van der Waals surface area contributed by atoms with Crippen molar-refractivity contribution in [1.29, 1.82) is 0 Å². The summed E-state index contributed by atoms with van der Waals surface area (Å²) in [5.41, 5.74) is 2.81. The second kappa shape index (κ2) is 9.06. The third-order valence-electron chi connectivity index (χ3n) is 5.05. The SMILES string of the molecule is CN=C(NCCN1CCOCC1)NCC1Cc2ccccc2N(C)C1. The number of ether oxygens (including phenoxy) is 1. The minimum absolute atomic E-state index is 0.595. The first-order valence-corrected chi connectivity index (χ1v) is 9.30. The molecule has 2 N–H and O–H groups in total. The molecule has 2 aliphatic heterocycles. The zero-order valence-corrected chi connectivity index (χ0v) is 15.5. The van der Waals surface area contributed by atoms with Crippen LogP contribution in [0.1, 0.15) is 5.56 Å². The van der Waals surface area contributed by atoms with Gasteiger partial charge < -0.3 is 20.3 Å². The van der Waals surface area contributed by atoms with Crippen LogP contribution in [-0.4, -0.2) is 77.4 Å². The Labute approximate surface area is 151 Å². The van der Waals surface area contributed by atoms with E-state index in [4.69, 9.17) is 4.74 Å². The second-order valence-electron chi connectivity index (χ2n) is 6.91. The van der Waals surface area contributed by atoms with Crippen molar-refractivity contribution in [2.75, 3.05) is 71.5 Å². The van der Waals surface area contributed by atoms with Gasteiger partial charge in [-0.3, -0.25) is 9.89 Å². The monoisotopic (exact) mass is 345 g/mol. The first-order chi connectivity index (χ1) is 12.3. The van der Waals surface area contributed by atoms with Gasteiger partial charge in [0.2, 0.25) is 0 Å². The van der Waals surface area contributed by atoms with E-state index in [-0.39, 0.29) is 0 Å². The van der Waals surface area contributed by atoms with Gasteiger partial charge in [-0.1, -0.05) is 18.2 Å². The summed E-state index contributed by atoms with van der Waals surface area (Å²) in [5.74, 6) is 1.49. The molecule has 0 saturated carbocycles. The Morgan fingerprint density at radius 2 is 2.04 bits per heavy atom. The molecule has 0 radical (unpaired) electrons. The molecule has 0 aromatic heterocycles. The number of morpholine rings is 1. The van der Waals surface area contributed by atoms with E-state index in [9.17, 15) is 0 Å². The van der Waals surface area contributed by atoms with Gasteiger partial charge in [0, 0.05) is 59.1 Å². The van der Waals surface area contributed by atoms with Gasteiger partial charge in [0.1, 0.15) is 0 Å². The number of benzene rings is 1. The zero-order chi connectivity index (χ0) is 17.5. The van der Waals surface area contributed by atoms with Crippen LogP contribution in [-0.2, 0) is 11.2 Å². The molecular formula is C19H31N5O. The average Bonchev–Trinajstić information content (AvgIpc) is 2.65. The number of aliphatic imine (C=N–C) groups is 1. The van der Waals surface area contributed by atoms with Crippen molar-refractivity contribution in [3.8, 4) is 0 Å². The number of para-hydroxylation sites is 1. The molecule has 6 heteroatoms. The molecule has 2 aliphatic rings. The van der Waals surface area contributed by atoms with Gasteiger partial charge in [-0.25, -0.2) is 0 Å². The third-order valence-corrected chi connectivity index (χ3v) is 5.05. The van der Waals surface area contributed by atoms with Gasteiger partial charge >= 0.3 is 0 Å². The number of rotatable bonds is 5. The van der Waals surface area contributed by atoms with Crippen molar-refractivity contribution >= 4 is 11.6 Å². The number of hydrogen-bond donors (Lipinski definition) is 2. The van der Waals surface area contributed by atoms with Crippen LogP contribution in [0.25, 0.3) is 0 Å². The highest BCUT2D eigenvalue weighted by molar-refractivity contribution is 5.79.